The topological polar surface area (TPSA) is 127 Å². The molecule has 0 spiro atoms. The second-order valence-corrected chi connectivity index (χ2v) is 8.49. The molecule has 1 amide bonds. The Morgan fingerprint density at radius 2 is 1.67 bits per heavy atom. The predicted molar refractivity (Wildman–Crippen MR) is 146 cm³/mol. The number of benzene rings is 2. The molecule has 1 aliphatic rings. The van der Waals surface area contributed by atoms with E-state index in [1.165, 1.54) is 55.9 Å². The Kier molecular flexibility index (Phi) is 11.7. The van der Waals surface area contributed by atoms with E-state index in [-0.39, 0.29) is 47.6 Å². The van der Waals surface area contributed by atoms with E-state index in [0.717, 1.165) is 13.0 Å². The maximum Gasteiger partial charge on any atom is 0.338 e. The van der Waals surface area contributed by atoms with Gasteiger partial charge >= 0.3 is 5.97 Å². The molecule has 0 bridgehead atoms. The maximum atomic E-state index is 14.6. The summed E-state index contributed by atoms with van der Waals surface area (Å²) in [7, 11) is 1.25. The van der Waals surface area contributed by atoms with Gasteiger partial charge in [0.05, 0.1) is 18.7 Å². The summed E-state index contributed by atoms with van der Waals surface area (Å²) in [5, 5.41) is 16.2. The molecule has 1 saturated heterocycles. The van der Waals surface area contributed by atoms with Crippen LogP contribution in [0.5, 0.6) is 11.5 Å². The number of pyridine rings is 1. The summed E-state index contributed by atoms with van der Waals surface area (Å²) in [6.07, 6.45) is 3.78. The van der Waals surface area contributed by atoms with Crippen molar-refractivity contribution < 1.29 is 33.4 Å². The Labute approximate surface area is 236 Å². The van der Waals surface area contributed by atoms with E-state index < -0.39 is 41.0 Å². The van der Waals surface area contributed by atoms with E-state index in [1.54, 1.807) is 12.1 Å². The van der Waals surface area contributed by atoms with Crippen molar-refractivity contribution in [3.63, 3.8) is 0 Å². The van der Waals surface area contributed by atoms with Gasteiger partial charge in [0.2, 0.25) is 0 Å². The number of carbonyl (C=O) groups excluding carboxylic acids is 3. The molecule has 9 nitrogen and oxygen atoms in total. The summed E-state index contributed by atoms with van der Waals surface area (Å²) in [4.78, 5) is 42.3. The van der Waals surface area contributed by atoms with Crippen LogP contribution in [0.1, 0.15) is 49.5 Å². The van der Waals surface area contributed by atoms with Crippen LogP contribution in [-0.2, 0) is 4.74 Å². The zero-order valence-corrected chi connectivity index (χ0v) is 22.5. The quantitative estimate of drug-likeness (QED) is 0.285. The summed E-state index contributed by atoms with van der Waals surface area (Å²) in [6, 6.07) is 10.6. The van der Waals surface area contributed by atoms with E-state index in [0.29, 0.717) is 18.5 Å². The molecule has 12 heteroatoms. The van der Waals surface area contributed by atoms with Crippen molar-refractivity contribution in [2.45, 2.75) is 25.0 Å². The van der Waals surface area contributed by atoms with E-state index in [2.05, 4.69) is 15.6 Å². The van der Waals surface area contributed by atoms with Crippen LogP contribution >= 0.6 is 24.8 Å². The van der Waals surface area contributed by atoms with Gasteiger partial charge in [-0.05, 0) is 55.8 Å². The van der Waals surface area contributed by atoms with Gasteiger partial charge in [0.15, 0.2) is 17.3 Å². The van der Waals surface area contributed by atoms with Crippen molar-refractivity contribution in [2.24, 2.45) is 0 Å². The van der Waals surface area contributed by atoms with Crippen LogP contribution in [0, 0.1) is 5.82 Å². The van der Waals surface area contributed by atoms with E-state index in [1.807, 2.05) is 0 Å². The molecule has 2 aromatic carbocycles. The number of nitrogens with zero attached hydrogens (tertiary/aromatic N) is 1. The Bertz CT molecular complexity index is 1290. The third-order valence-corrected chi connectivity index (χ3v) is 6.09. The molecule has 1 fully saturated rings. The van der Waals surface area contributed by atoms with Gasteiger partial charge < -0.3 is 25.2 Å². The lowest BCUT2D eigenvalue weighted by molar-refractivity contribution is 0.0192. The standard InChI is InChI=1S/C27H26FN3O6.2ClH/c1-36-22-9-8-20(32)23(24(22)28)25(33)16-4-6-18(7-5-16)27(35)37-21-3-2-12-30-15-19(21)31-26(34)17-10-13-29-14-11-17;;/h4-11,13-14,19,21,30,32H,2-3,12,15H2,1H3,(H,31,34);2*1H/t19-,21-;;/m1../s1. The lowest BCUT2D eigenvalue weighted by Crippen LogP contribution is -2.49. The number of halogens is 3. The molecule has 1 aromatic heterocycles. The predicted octanol–water partition coefficient (Wildman–Crippen LogP) is 3.72. The van der Waals surface area contributed by atoms with Crippen LogP contribution in [0.15, 0.2) is 60.9 Å². The SMILES string of the molecule is COc1ccc(O)c(C(=O)c2ccc(C(=O)O[C@@H]3CCCNC[C@H]3NC(=O)c3ccncc3)cc2)c1F.Cl.Cl. The number of phenolic OH excluding ortho intramolecular Hbond substituents is 1. The number of aromatic nitrogens is 1. The van der Waals surface area contributed by atoms with Crippen molar-refractivity contribution in [1.82, 2.24) is 15.6 Å². The molecule has 2 atom stereocenters. The van der Waals surface area contributed by atoms with Crippen LogP contribution in [-0.4, -0.2) is 60.1 Å². The first-order valence-electron chi connectivity index (χ1n) is 11.7. The molecule has 0 radical (unpaired) electrons. The molecular weight excluding hydrogens is 552 g/mol. The van der Waals surface area contributed by atoms with Gasteiger partial charge in [-0.2, -0.15) is 0 Å². The second-order valence-electron chi connectivity index (χ2n) is 8.49. The summed E-state index contributed by atoms with van der Waals surface area (Å²) in [6.45, 7) is 1.15. The van der Waals surface area contributed by atoms with Crippen LogP contribution in [0.4, 0.5) is 4.39 Å². The van der Waals surface area contributed by atoms with Gasteiger partial charge in [0.1, 0.15) is 17.4 Å². The first-order valence-corrected chi connectivity index (χ1v) is 11.7. The number of ketones is 1. The Balaban J connectivity index is 0.00000267. The fraction of sp³-hybridized carbons (Fsp3) is 0.259. The molecule has 39 heavy (non-hydrogen) atoms. The molecule has 3 N–H and O–H groups in total. The molecule has 0 saturated carbocycles. The van der Waals surface area contributed by atoms with E-state index in [4.69, 9.17) is 9.47 Å². The number of nitrogens with one attached hydrogen (secondary N) is 2. The van der Waals surface area contributed by atoms with Crippen LogP contribution in [0.25, 0.3) is 0 Å². The first-order chi connectivity index (χ1) is 17.9. The third kappa shape index (κ3) is 7.44. The van der Waals surface area contributed by atoms with E-state index >= 15 is 0 Å². The maximum absolute atomic E-state index is 14.6. The zero-order chi connectivity index (χ0) is 26.4. The first kappa shape index (κ1) is 31.5. The summed E-state index contributed by atoms with van der Waals surface area (Å²) >= 11 is 0. The van der Waals surface area contributed by atoms with Gasteiger partial charge in [0, 0.05) is 30.1 Å². The molecule has 0 aliphatic carbocycles. The Hall–Kier alpha value is -3.73. The summed E-state index contributed by atoms with van der Waals surface area (Å²) in [5.41, 5.74) is 0.181. The van der Waals surface area contributed by atoms with Crippen LogP contribution < -0.4 is 15.4 Å². The average molecular weight is 580 g/mol. The second kappa shape index (κ2) is 14.4. The minimum absolute atomic E-state index is 0. The van der Waals surface area contributed by atoms with E-state index in [9.17, 15) is 23.9 Å². The largest absolute Gasteiger partial charge is 0.507 e. The molecule has 2 heterocycles. The molecule has 208 valence electrons. The summed E-state index contributed by atoms with van der Waals surface area (Å²) < 4.78 is 25.2. The number of amides is 1. The molecular formula is C27H28Cl2FN3O6. The average Bonchev–Trinajstić information content (AvgIpc) is 3.14. The van der Waals surface area contributed by atoms with Crippen molar-refractivity contribution in [3.8, 4) is 11.5 Å². The number of phenols is 1. The number of rotatable bonds is 7. The van der Waals surface area contributed by atoms with Crippen molar-refractivity contribution >= 4 is 42.5 Å². The molecule has 4 rings (SSSR count). The summed E-state index contributed by atoms with van der Waals surface area (Å²) in [5.74, 6) is -3.35. The normalized spacial score (nSPS) is 16.5. The smallest absolute Gasteiger partial charge is 0.338 e. The molecule has 1 aliphatic heterocycles. The highest BCUT2D eigenvalue weighted by atomic mass is 35.5. The van der Waals surface area contributed by atoms with Gasteiger partial charge in [0.25, 0.3) is 5.91 Å². The molecule has 3 aromatic rings. The number of aromatic hydroxyl groups is 1. The number of esters is 1. The lowest BCUT2D eigenvalue weighted by atomic mass is 10.00. The highest BCUT2D eigenvalue weighted by Gasteiger charge is 2.29. The monoisotopic (exact) mass is 579 g/mol. The fourth-order valence-electron chi connectivity index (χ4n) is 4.09. The van der Waals surface area contributed by atoms with Gasteiger partial charge in [-0.15, -0.1) is 24.8 Å². The van der Waals surface area contributed by atoms with Crippen LogP contribution in [0.2, 0.25) is 0 Å². The number of hydrogen-bond donors (Lipinski definition) is 3. The number of hydrogen-bond acceptors (Lipinski definition) is 8. The van der Waals surface area contributed by atoms with Crippen molar-refractivity contribution in [3.05, 3.63) is 89.0 Å². The zero-order valence-electron chi connectivity index (χ0n) is 20.9. The minimum atomic E-state index is -0.974. The third-order valence-electron chi connectivity index (χ3n) is 6.09. The van der Waals surface area contributed by atoms with Crippen molar-refractivity contribution in [2.75, 3.05) is 20.2 Å². The highest BCUT2D eigenvalue weighted by Crippen LogP contribution is 2.30. The minimum Gasteiger partial charge on any atom is -0.507 e. The number of methoxy groups -OCH3 is 1. The number of carbonyl (C=O) groups is 3. The van der Waals surface area contributed by atoms with Crippen molar-refractivity contribution in [1.29, 1.82) is 0 Å². The van der Waals surface area contributed by atoms with Gasteiger partial charge in [-0.25, -0.2) is 9.18 Å². The fourth-order valence-corrected chi connectivity index (χ4v) is 4.09. The van der Waals surface area contributed by atoms with Gasteiger partial charge in [-0.3, -0.25) is 14.6 Å². The lowest BCUT2D eigenvalue weighted by Gasteiger charge is -2.26. The number of ether oxygens (including phenoxy) is 2. The highest BCUT2D eigenvalue weighted by molar-refractivity contribution is 6.11. The molecule has 0 unspecified atom stereocenters. The van der Waals surface area contributed by atoms with Gasteiger partial charge in [-0.1, -0.05) is 12.1 Å². The Morgan fingerprint density at radius 1 is 1.00 bits per heavy atom. The van der Waals surface area contributed by atoms with Crippen LogP contribution in [0.3, 0.4) is 0 Å². The Morgan fingerprint density at radius 3 is 2.33 bits per heavy atom.